The van der Waals surface area contributed by atoms with Crippen molar-refractivity contribution < 1.29 is 18.4 Å². The molecule has 2 amide bonds. The lowest BCUT2D eigenvalue weighted by Gasteiger charge is -2.18. The van der Waals surface area contributed by atoms with Gasteiger partial charge in [0.15, 0.2) is 0 Å². The summed E-state index contributed by atoms with van der Waals surface area (Å²) in [4.78, 5) is 26.9. The maximum Gasteiger partial charge on any atom is 0.274 e. The smallest absolute Gasteiger partial charge is 0.274 e. The van der Waals surface area contributed by atoms with Gasteiger partial charge in [0, 0.05) is 31.1 Å². The molecule has 0 aliphatic carbocycles. The summed E-state index contributed by atoms with van der Waals surface area (Å²) in [5.41, 5.74) is 1.75. The maximum atomic E-state index is 13.9. The molecule has 0 radical (unpaired) electrons. The second-order valence-electron chi connectivity index (χ2n) is 6.53. The Bertz CT molecular complexity index is 1060. The average molecular weight is 369 g/mol. The molecule has 3 aromatic rings. The van der Waals surface area contributed by atoms with Crippen LogP contribution < -0.4 is 10.2 Å². The minimum atomic E-state index is -0.449. The molecule has 0 unspecified atom stereocenters. The van der Waals surface area contributed by atoms with Crippen molar-refractivity contribution in [3.05, 3.63) is 59.8 Å². The first-order valence-corrected chi connectivity index (χ1v) is 8.61. The van der Waals surface area contributed by atoms with Crippen LogP contribution in [-0.4, -0.2) is 22.9 Å². The highest BCUT2D eigenvalue weighted by atomic mass is 19.1. The van der Waals surface area contributed by atoms with Crippen LogP contribution in [0.5, 0.6) is 0 Å². The fraction of sp³-hybridized carbons (Fsp3) is 0.200. The fourth-order valence-corrected chi connectivity index (χ4v) is 3.54. The highest BCUT2D eigenvalue weighted by molar-refractivity contribution is 6.17. The number of aryl methyl sites for hydroxylation is 1. The van der Waals surface area contributed by atoms with E-state index in [0.29, 0.717) is 41.7 Å². The second-order valence-corrected chi connectivity index (χ2v) is 6.53. The van der Waals surface area contributed by atoms with Crippen molar-refractivity contribution in [1.29, 1.82) is 0 Å². The van der Waals surface area contributed by atoms with Crippen LogP contribution in [0.25, 0.3) is 10.9 Å². The lowest BCUT2D eigenvalue weighted by Crippen LogP contribution is -2.27. The van der Waals surface area contributed by atoms with Crippen molar-refractivity contribution in [3.8, 4) is 0 Å². The van der Waals surface area contributed by atoms with Gasteiger partial charge in [-0.05, 0) is 48.9 Å². The van der Waals surface area contributed by atoms with Crippen LogP contribution in [0.3, 0.4) is 0 Å². The van der Waals surface area contributed by atoms with E-state index >= 15 is 0 Å². The zero-order chi connectivity index (χ0) is 19.1. The predicted molar refractivity (Wildman–Crippen MR) is 98.8 cm³/mol. The third-order valence-electron chi connectivity index (χ3n) is 4.80. The Morgan fingerprint density at radius 1 is 1.07 bits per heavy atom. The number of amides is 2. The van der Waals surface area contributed by atoms with Gasteiger partial charge in [-0.2, -0.15) is 0 Å². The van der Waals surface area contributed by atoms with Crippen LogP contribution in [0.4, 0.5) is 20.2 Å². The normalized spacial score (nSPS) is 14.2. The SMILES string of the molecule is Cn1c(C(=O)Nc2ccc(F)cc2)c(N2CCCC2=O)c2cc(F)ccc21. The number of carbonyl (C=O) groups excluding carboxylic acids is 2. The molecule has 1 aliphatic heterocycles. The minimum absolute atomic E-state index is 0.0948. The molecular formula is C20H17F2N3O2. The molecule has 5 nitrogen and oxygen atoms in total. The average Bonchev–Trinajstić information content (AvgIpc) is 3.17. The van der Waals surface area contributed by atoms with E-state index in [2.05, 4.69) is 5.32 Å². The summed E-state index contributed by atoms with van der Waals surface area (Å²) in [7, 11) is 1.70. The van der Waals surface area contributed by atoms with Crippen molar-refractivity contribution in [2.75, 3.05) is 16.8 Å². The molecule has 1 aromatic heterocycles. The highest BCUT2D eigenvalue weighted by Crippen LogP contribution is 2.36. The summed E-state index contributed by atoms with van der Waals surface area (Å²) in [5.74, 6) is -1.39. The number of halogens is 2. The number of rotatable bonds is 3. The summed E-state index contributed by atoms with van der Waals surface area (Å²) < 4.78 is 28.6. The van der Waals surface area contributed by atoms with E-state index in [1.807, 2.05) is 0 Å². The van der Waals surface area contributed by atoms with Gasteiger partial charge in [0.05, 0.1) is 11.2 Å². The Morgan fingerprint density at radius 3 is 2.44 bits per heavy atom. The molecule has 7 heteroatoms. The van der Waals surface area contributed by atoms with Crippen LogP contribution in [0.1, 0.15) is 23.3 Å². The molecule has 1 saturated heterocycles. The molecule has 0 atom stereocenters. The summed E-state index contributed by atoms with van der Waals surface area (Å²) in [6, 6.07) is 9.65. The summed E-state index contributed by atoms with van der Waals surface area (Å²) in [5, 5.41) is 3.23. The number of hydrogen-bond donors (Lipinski definition) is 1. The van der Waals surface area contributed by atoms with E-state index in [1.165, 1.54) is 36.4 Å². The van der Waals surface area contributed by atoms with Crippen molar-refractivity contribution in [1.82, 2.24) is 4.57 Å². The van der Waals surface area contributed by atoms with Gasteiger partial charge < -0.3 is 14.8 Å². The number of benzene rings is 2. The molecule has 27 heavy (non-hydrogen) atoms. The Labute approximate surface area is 154 Å². The quantitative estimate of drug-likeness (QED) is 0.763. The van der Waals surface area contributed by atoms with Gasteiger partial charge in [0.1, 0.15) is 17.3 Å². The standard InChI is InChI=1S/C20H17F2N3O2/c1-24-16-9-6-13(22)11-15(16)18(25-10-2-3-17(25)26)19(24)20(27)23-14-7-4-12(21)5-8-14/h4-9,11H,2-3,10H2,1H3,(H,23,27). The van der Waals surface area contributed by atoms with Gasteiger partial charge in [-0.1, -0.05) is 0 Å². The Morgan fingerprint density at radius 2 is 1.78 bits per heavy atom. The second kappa shape index (κ2) is 6.50. The van der Waals surface area contributed by atoms with Crippen LogP contribution >= 0.6 is 0 Å². The van der Waals surface area contributed by atoms with Crippen molar-refractivity contribution in [2.45, 2.75) is 12.8 Å². The molecule has 138 valence electrons. The molecular weight excluding hydrogens is 352 g/mol. The molecule has 1 N–H and O–H groups in total. The first-order valence-electron chi connectivity index (χ1n) is 8.61. The van der Waals surface area contributed by atoms with Gasteiger partial charge in [-0.3, -0.25) is 9.59 Å². The molecule has 2 aromatic carbocycles. The van der Waals surface area contributed by atoms with Gasteiger partial charge in [-0.25, -0.2) is 8.78 Å². The number of aromatic nitrogens is 1. The van der Waals surface area contributed by atoms with Gasteiger partial charge in [0.2, 0.25) is 5.91 Å². The van der Waals surface area contributed by atoms with E-state index in [1.54, 1.807) is 22.6 Å². The molecule has 2 heterocycles. The van der Waals surface area contributed by atoms with E-state index < -0.39 is 17.5 Å². The number of carbonyl (C=O) groups is 2. The summed E-state index contributed by atoms with van der Waals surface area (Å²) >= 11 is 0. The first-order chi connectivity index (χ1) is 13.0. The van der Waals surface area contributed by atoms with Crippen LogP contribution in [0.2, 0.25) is 0 Å². The summed E-state index contributed by atoms with van der Waals surface area (Å²) in [6.07, 6.45) is 1.08. The monoisotopic (exact) mass is 369 g/mol. The van der Waals surface area contributed by atoms with Gasteiger partial charge in [-0.15, -0.1) is 0 Å². The first kappa shape index (κ1) is 17.2. The van der Waals surface area contributed by atoms with E-state index in [-0.39, 0.29) is 11.6 Å². The minimum Gasteiger partial charge on any atom is -0.338 e. The lowest BCUT2D eigenvalue weighted by molar-refractivity contribution is -0.117. The third-order valence-corrected chi connectivity index (χ3v) is 4.80. The zero-order valence-corrected chi connectivity index (χ0v) is 14.6. The largest absolute Gasteiger partial charge is 0.338 e. The molecule has 4 rings (SSSR count). The number of anilines is 2. The molecule has 0 saturated carbocycles. The Balaban J connectivity index is 1.85. The van der Waals surface area contributed by atoms with Crippen molar-refractivity contribution in [2.24, 2.45) is 7.05 Å². The molecule has 1 aliphatic rings. The zero-order valence-electron chi connectivity index (χ0n) is 14.6. The summed E-state index contributed by atoms with van der Waals surface area (Å²) in [6.45, 7) is 0.477. The Hall–Kier alpha value is -3.22. The molecule has 0 bridgehead atoms. The topological polar surface area (TPSA) is 54.3 Å². The lowest BCUT2D eigenvalue weighted by atomic mass is 10.2. The van der Waals surface area contributed by atoms with E-state index in [4.69, 9.17) is 0 Å². The predicted octanol–water partition coefficient (Wildman–Crippen LogP) is 3.84. The molecule has 1 fully saturated rings. The third kappa shape index (κ3) is 2.95. The van der Waals surface area contributed by atoms with Crippen molar-refractivity contribution in [3.63, 3.8) is 0 Å². The number of nitrogens with one attached hydrogen (secondary N) is 1. The fourth-order valence-electron chi connectivity index (χ4n) is 3.54. The van der Waals surface area contributed by atoms with Crippen LogP contribution in [0.15, 0.2) is 42.5 Å². The highest BCUT2D eigenvalue weighted by Gasteiger charge is 2.31. The van der Waals surface area contributed by atoms with Crippen LogP contribution in [0, 0.1) is 11.6 Å². The maximum absolute atomic E-state index is 13.9. The number of hydrogen-bond acceptors (Lipinski definition) is 2. The van der Waals surface area contributed by atoms with E-state index in [0.717, 1.165) is 0 Å². The van der Waals surface area contributed by atoms with Gasteiger partial charge >= 0.3 is 0 Å². The van der Waals surface area contributed by atoms with Crippen molar-refractivity contribution >= 4 is 34.1 Å². The Kier molecular flexibility index (Phi) is 4.14. The number of fused-ring (bicyclic) bond motifs is 1. The van der Waals surface area contributed by atoms with E-state index in [9.17, 15) is 18.4 Å². The molecule has 0 spiro atoms. The van der Waals surface area contributed by atoms with Gasteiger partial charge in [0.25, 0.3) is 5.91 Å². The van der Waals surface area contributed by atoms with Crippen LogP contribution in [-0.2, 0) is 11.8 Å². The number of nitrogens with zero attached hydrogens (tertiary/aromatic N) is 2.